The number of aliphatic hydroxyl groups is 2. The van der Waals surface area contributed by atoms with Gasteiger partial charge in [-0.05, 0) is 80.3 Å². The summed E-state index contributed by atoms with van der Waals surface area (Å²) in [5.74, 6) is 1.11. The van der Waals surface area contributed by atoms with E-state index in [1.54, 1.807) is 6.08 Å². The zero-order valence-corrected chi connectivity index (χ0v) is 14.4. The maximum Gasteiger partial charge on any atom is 0.164 e. The van der Waals surface area contributed by atoms with E-state index >= 15 is 0 Å². The normalized spacial score (nSPS) is 55.3. The largest absolute Gasteiger partial charge is 0.390 e. The van der Waals surface area contributed by atoms with Crippen LogP contribution in [0.25, 0.3) is 0 Å². The lowest BCUT2D eigenvalue weighted by Crippen LogP contribution is -2.38. The molecule has 0 aromatic carbocycles. The third kappa shape index (κ3) is 1.87. The average Bonchev–Trinajstić information content (AvgIpc) is 2.82. The van der Waals surface area contributed by atoms with Crippen molar-refractivity contribution in [1.29, 1.82) is 0 Å². The molecule has 4 aliphatic carbocycles. The van der Waals surface area contributed by atoms with Gasteiger partial charge >= 0.3 is 0 Å². The van der Waals surface area contributed by atoms with Crippen LogP contribution in [0.2, 0.25) is 0 Å². The van der Waals surface area contributed by atoms with Crippen molar-refractivity contribution in [2.45, 2.75) is 58.2 Å². The van der Waals surface area contributed by atoms with E-state index in [1.807, 2.05) is 13.8 Å². The standard InChI is InChI=1S/C20H28O3/c1-10-5-6-13-16(15-12(10)7-8-19(15,3)23)20(13,4)17-14(21)9-11(2)18(17)22/h9,12-17,21,23H,1,5-8H2,2-4H3/t12-,13+,14+,15-,16+,17-,19-,20-/m0/s1. The van der Waals surface area contributed by atoms with Gasteiger partial charge in [0.15, 0.2) is 5.78 Å². The van der Waals surface area contributed by atoms with Gasteiger partial charge in [0.25, 0.3) is 0 Å². The van der Waals surface area contributed by atoms with Crippen LogP contribution in [0, 0.1) is 35.0 Å². The van der Waals surface area contributed by atoms with Gasteiger partial charge in [0.1, 0.15) is 0 Å². The maximum atomic E-state index is 12.6. The molecule has 0 amide bonds. The summed E-state index contributed by atoms with van der Waals surface area (Å²) in [6.07, 6.45) is 4.93. The van der Waals surface area contributed by atoms with Gasteiger partial charge in [-0.2, -0.15) is 0 Å². The molecule has 0 radical (unpaired) electrons. The van der Waals surface area contributed by atoms with Crippen LogP contribution in [0.4, 0.5) is 0 Å². The first-order valence-corrected chi connectivity index (χ1v) is 9.00. The van der Waals surface area contributed by atoms with Crippen molar-refractivity contribution in [1.82, 2.24) is 0 Å². The van der Waals surface area contributed by atoms with Gasteiger partial charge in [0.2, 0.25) is 0 Å². The fourth-order valence-electron chi connectivity index (χ4n) is 6.56. The molecule has 3 heteroatoms. The molecule has 0 spiro atoms. The molecule has 4 rings (SSSR count). The van der Waals surface area contributed by atoms with E-state index in [2.05, 4.69) is 13.5 Å². The Morgan fingerprint density at radius 3 is 2.57 bits per heavy atom. The molecular weight excluding hydrogens is 288 g/mol. The maximum absolute atomic E-state index is 12.6. The highest BCUT2D eigenvalue weighted by molar-refractivity contribution is 6.00. The molecule has 8 atom stereocenters. The lowest BCUT2D eigenvalue weighted by Gasteiger charge is -2.34. The van der Waals surface area contributed by atoms with Crippen LogP contribution < -0.4 is 0 Å². The van der Waals surface area contributed by atoms with E-state index in [-0.39, 0.29) is 23.0 Å². The second-order valence-corrected chi connectivity index (χ2v) is 8.91. The van der Waals surface area contributed by atoms with Crippen LogP contribution in [-0.2, 0) is 4.79 Å². The van der Waals surface area contributed by atoms with Gasteiger partial charge < -0.3 is 10.2 Å². The summed E-state index contributed by atoms with van der Waals surface area (Å²) in [7, 11) is 0. The van der Waals surface area contributed by atoms with Gasteiger partial charge in [0, 0.05) is 0 Å². The van der Waals surface area contributed by atoms with Crippen LogP contribution in [0.5, 0.6) is 0 Å². The summed E-state index contributed by atoms with van der Waals surface area (Å²) < 4.78 is 0. The number of aliphatic hydroxyl groups excluding tert-OH is 1. The van der Waals surface area contributed by atoms with Crippen molar-refractivity contribution < 1.29 is 15.0 Å². The minimum Gasteiger partial charge on any atom is -0.390 e. The van der Waals surface area contributed by atoms with Crippen LogP contribution >= 0.6 is 0 Å². The van der Waals surface area contributed by atoms with Crippen LogP contribution in [0.15, 0.2) is 23.8 Å². The summed E-state index contributed by atoms with van der Waals surface area (Å²) in [4.78, 5) is 12.6. The van der Waals surface area contributed by atoms with E-state index < -0.39 is 11.7 Å². The van der Waals surface area contributed by atoms with Crippen LogP contribution in [0.3, 0.4) is 0 Å². The number of carbonyl (C=O) groups is 1. The third-order valence-electron chi connectivity index (χ3n) is 7.75. The molecule has 0 saturated heterocycles. The predicted molar refractivity (Wildman–Crippen MR) is 88.6 cm³/mol. The number of ketones is 1. The van der Waals surface area contributed by atoms with Gasteiger partial charge in [-0.15, -0.1) is 0 Å². The summed E-state index contributed by atoms with van der Waals surface area (Å²) in [6, 6.07) is 0. The first-order chi connectivity index (χ1) is 10.7. The zero-order valence-electron chi connectivity index (χ0n) is 14.4. The van der Waals surface area contributed by atoms with Crippen molar-refractivity contribution in [3.05, 3.63) is 23.8 Å². The van der Waals surface area contributed by atoms with E-state index in [4.69, 9.17) is 0 Å². The Morgan fingerprint density at radius 2 is 1.96 bits per heavy atom. The molecular formula is C20H28O3. The summed E-state index contributed by atoms with van der Waals surface area (Å²) in [5.41, 5.74) is 1.13. The van der Waals surface area contributed by atoms with E-state index in [9.17, 15) is 15.0 Å². The number of allylic oxidation sites excluding steroid dienone is 2. The van der Waals surface area contributed by atoms with E-state index in [1.165, 1.54) is 5.57 Å². The lowest BCUT2D eigenvalue weighted by molar-refractivity contribution is -0.123. The Balaban J connectivity index is 1.72. The monoisotopic (exact) mass is 316 g/mol. The molecule has 3 fully saturated rings. The van der Waals surface area contributed by atoms with Gasteiger partial charge in [-0.25, -0.2) is 0 Å². The molecule has 3 saturated carbocycles. The third-order valence-corrected chi connectivity index (χ3v) is 7.75. The predicted octanol–water partition coefficient (Wildman–Crippen LogP) is 2.87. The molecule has 126 valence electrons. The number of hydrogen-bond acceptors (Lipinski definition) is 3. The Hall–Kier alpha value is -0.930. The summed E-state index contributed by atoms with van der Waals surface area (Å²) >= 11 is 0. The molecule has 2 N–H and O–H groups in total. The highest BCUT2D eigenvalue weighted by Crippen LogP contribution is 2.75. The van der Waals surface area contributed by atoms with Gasteiger partial charge in [-0.1, -0.05) is 19.1 Å². The number of Topliss-reactive ketones (excluding diaryl/α,β-unsaturated/α-hetero) is 1. The van der Waals surface area contributed by atoms with E-state index in [0.29, 0.717) is 23.3 Å². The second kappa shape index (κ2) is 4.58. The number of rotatable bonds is 1. The smallest absolute Gasteiger partial charge is 0.164 e. The van der Waals surface area contributed by atoms with Crippen LogP contribution in [-0.4, -0.2) is 27.7 Å². The molecule has 3 nitrogen and oxygen atoms in total. The topological polar surface area (TPSA) is 57.5 Å². The minimum atomic E-state index is -0.673. The van der Waals surface area contributed by atoms with Crippen molar-refractivity contribution in [3.63, 3.8) is 0 Å². The van der Waals surface area contributed by atoms with Crippen molar-refractivity contribution in [2.75, 3.05) is 0 Å². The first-order valence-electron chi connectivity index (χ1n) is 9.00. The molecule has 0 heterocycles. The Morgan fingerprint density at radius 1 is 1.26 bits per heavy atom. The SMILES string of the molecule is C=C1CC[C@@H]2[C@H]([C@@H]3[C@H]1CC[C@]3(C)O)[C@@]2(C)[C@@H]1C(=O)C(C)=C[C@H]1O. The number of carbonyl (C=O) groups excluding carboxylic acids is 1. The molecule has 4 aliphatic rings. The summed E-state index contributed by atoms with van der Waals surface area (Å²) in [6.45, 7) is 10.2. The number of fused-ring (bicyclic) bond motifs is 3. The quantitative estimate of drug-likeness (QED) is 0.731. The Bertz CT molecular complexity index is 616. The molecule has 0 aromatic heterocycles. The highest BCUT2D eigenvalue weighted by atomic mass is 16.3. The number of hydrogen-bond donors (Lipinski definition) is 2. The second-order valence-electron chi connectivity index (χ2n) is 8.91. The van der Waals surface area contributed by atoms with Crippen molar-refractivity contribution in [2.24, 2.45) is 35.0 Å². The lowest BCUT2D eigenvalue weighted by atomic mass is 9.73. The Labute approximate surface area is 138 Å². The van der Waals surface area contributed by atoms with Crippen LogP contribution in [0.1, 0.15) is 46.5 Å². The molecule has 0 aliphatic heterocycles. The fraction of sp³-hybridized carbons (Fsp3) is 0.750. The minimum absolute atomic E-state index is 0.112. The van der Waals surface area contributed by atoms with Gasteiger partial charge in [-0.3, -0.25) is 4.79 Å². The van der Waals surface area contributed by atoms with E-state index in [0.717, 1.165) is 25.7 Å². The highest BCUT2D eigenvalue weighted by Gasteiger charge is 2.73. The zero-order chi connectivity index (χ0) is 16.7. The Kier molecular flexibility index (Phi) is 3.10. The average molecular weight is 316 g/mol. The fourth-order valence-corrected chi connectivity index (χ4v) is 6.56. The van der Waals surface area contributed by atoms with Crippen molar-refractivity contribution in [3.8, 4) is 0 Å². The molecule has 0 unspecified atom stereocenters. The molecule has 23 heavy (non-hydrogen) atoms. The molecule has 0 aromatic rings. The summed E-state index contributed by atoms with van der Waals surface area (Å²) in [5, 5.41) is 21.5. The van der Waals surface area contributed by atoms with Gasteiger partial charge in [0.05, 0.1) is 17.6 Å². The first kappa shape index (κ1) is 15.6. The van der Waals surface area contributed by atoms with Crippen molar-refractivity contribution >= 4 is 5.78 Å². The molecule has 0 bridgehead atoms.